The van der Waals surface area contributed by atoms with E-state index in [1.807, 2.05) is 12.1 Å². The Balaban J connectivity index is 1.59. The molecule has 0 saturated carbocycles. The number of furan rings is 1. The van der Waals surface area contributed by atoms with Crippen molar-refractivity contribution in [2.45, 2.75) is 13.2 Å². The van der Waals surface area contributed by atoms with Crippen LogP contribution in [0.5, 0.6) is 11.5 Å². The van der Waals surface area contributed by atoms with Crippen LogP contribution in [0.1, 0.15) is 21.7 Å². The minimum Gasteiger partial charge on any atom is -0.493 e. The van der Waals surface area contributed by atoms with E-state index in [1.165, 1.54) is 14.2 Å². The summed E-state index contributed by atoms with van der Waals surface area (Å²) in [4.78, 5) is 24.6. The molecule has 3 rings (SSSR count). The van der Waals surface area contributed by atoms with Gasteiger partial charge in [-0.15, -0.1) is 0 Å². The summed E-state index contributed by atoms with van der Waals surface area (Å²) in [6, 6.07) is 12.5. The molecule has 0 saturated heterocycles. The number of amides is 1. The number of fused-ring (bicyclic) bond motifs is 1. The molecule has 158 valence electrons. The van der Waals surface area contributed by atoms with E-state index in [1.54, 1.807) is 37.4 Å². The smallest absolute Gasteiger partial charge is 0.375 e. The fourth-order valence-electron chi connectivity index (χ4n) is 2.99. The first-order valence-electron chi connectivity index (χ1n) is 9.21. The Morgan fingerprint density at radius 1 is 1.00 bits per heavy atom. The van der Waals surface area contributed by atoms with Crippen LogP contribution in [-0.2, 0) is 27.4 Å². The molecule has 1 N–H and O–H groups in total. The van der Waals surface area contributed by atoms with Crippen LogP contribution in [0, 0.1) is 0 Å². The zero-order valence-corrected chi connectivity index (χ0v) is 17.0. The van der Waals surface area contributed by atoms with Crippen molar-refractivity contribution < 1.29 is 33.0 Å². The van der Waals surface area contributed by atoms with Gasteiger partial charge in [0.25, 0.3) is 5.91 Å². The summed E-state index contributed by atoms with van der Waals surface area (Å²) < 4.78 is 26.3. The van der Waals surface area contributed by atoms with Gasteiger partial charge in [0.2, 0.25) is 5.76 Å². The molecule has 0 atom stereocenters. The van der Waals surface area contributed by atoms with E-state index in [2.05, 4.69) is 5.32 Å². The van der Waals surface area contributed by atoms with Gasteiger partial charge < -0.3 is 28.7 Å². The molecule has 1 amide bonds. The van der Waals surface area contributed by atoms with Crippen molar-refractivity contribution >= 4 is 22.8 Å². The molecule has 8 heteroatoms. The fourth-order valence-corrected chi connectivity index (χ4v) is 2.99. The van der Waals surface area contributed by atoms with Gasteiger partial charge in [0.05, 0.1) is 20.8 Å². The maximum Gasteiger partial charge on any atom is 0.375 e. The van der Waals surface area contributed by atoms with Crippen molar-refractivity contribution in [2.24, 2.45) is 0 Å². The van der Waals surface area contributed by atoms with Crippen LogP contribution in [-0.4, -0.2) is 39.8 Å². The number of esters is 1. The van der Waals surface area contributed by atoms with Crippen molar-refractivity contribution in [3.8, 4) is 11.5 Å². The highest BCUT2D eigenvalue weighted by Crippen LogP contribution is 2.28. The molecule has 0 aliphatic rings. The van der Waals surface area contributed by atoms with Crippen molar-refractivity contribution in [3.63, 3.8) is 0 Å². The first-order chi connectivity index (χ1) is 14.6. The zero-order chi connectivity index (χ0) is 21.5. The highest BCUT2D eigenvalue weighted by molar-refractivity contribution is 5.96. The second kappa shape index (κ2) is 9.80. The van der Waals surface area contributed by atoms with Crippen LogP contribution in [0.25, 0.3) is 11.0 Å². The van der Waals surface area contributed by atoms with Crippen molar-refractivity contribution in [2.75, 3.05) is 27.9 Å². The number of benzene rings is 2. The molecule has 30 heavy (non-hydrogen) atoms. The summed E-state index contributed by atoms with van der Waals surface area (Å²) in [5.41, 5.74) is 1.95. The highest BCUT2D eigenvalue weighted by atomic mass is 16.5. The van der Waals surface area contributed by atoms with Crippen LogP contribution in [0.2, 0.25) is 0 Å². The van der Waals surface area contributed by atoms with Crippen LogP contribution >= 0.6 is 0 Å². The van der Waals surface area contributed by atoms with Crippen LogP contribution in [0.4, 0.5) is 0 Å². The SMILES string of the molecule is COCc1c(C(=O)OCC(=O)NCc2ccc(OC)c(OC)c2)oc2ccccc12. The largest absolute Gasteiger partial charge is 0.493 e. The number of carbonyl (C=O) groups is 2. The van der Waals surface area contributed by atoms with Gasteiger partial charge in [0.1, 0.15) is 5.58 Å². The third-order valence-electron chi connectivity index (χ3n) is 4.44. The topological polar surface area (TPSA) is 96.2 Å². The first-order valence-corrected chi connectivity index (χ1v) is 9.21. The summed E-state index contributed by atoms with van der Waals surface area (Å²) in [5.74, 6) is 0.0261. The molecule has 8 nitrogen and oxygen atoms in total. The average molecular weight is 413 g/mol. The minimum absolute atomic E-state index is 0.0331. The Morgan fingerprint density at radius 3 is 2.50 bits per heavy atom. The Kier molecular flexibility index (Phi) is 6.92. The standard InChI is InChI=1S/C22H23NO7/c1-26-12-16-15-6-4-5-7-17(15)30-21(16)22(25)29-13-20(24)23-11-14-8-9-18(27-2)19(10-14)28-3/h4-10H,11-13H2,1-3H3,(H,23,24). The molecular weight excluding hydrogens is 390 g/mol. The predicted molar refractivity (Wildman–Crippen MR) is 109 cm³/mol. The molecule has 0 aliphatic heterocycles. The van der Waals surface area contributed by atoms with Crippen molar-refractivity contribution in [3.05, 3.63) is 59.4 Å². The number of carbonyl (C=O) groups excluding carboxylic acids is 2. The summed E-state index contributed by atoms with van der Waals surface area (Å²) in [7, 11) is 4.61. The number of methoxy groups -OCH3 is 3. The van der Waals surface area contributed by atoms with Gasteiger partial charge in [0, 0.05) is 24.6 Å². The molecule has 0 unspecified atom stereocenters. The molecular formula is C22H23NO7. The highest BCUT2D eigenvalue weighted by Gasteiger charge is 2.22. The second-order valence-corrected chi connectivity index (χ2v) is 6.38. The maximum atomic E-state index is 12.5. The van der Waals surface area contributed by atoms with E-state index < -0.39 is 18.5 Å². The molecule has 0 radical (unpaired) electrons. The molecule has 0 fully saturated rings. The van der Waals surface area contributed by atoms with E-state index in [4.69, 9.17) is 23.4 Å². The third-order valence-corrected chi connectivity index (χ3v) is 4.44. The van der Waals surface area contributed by atoms with E-state index in [0.29, 0.717) is 22.6 Å². The lowest BCUT2D eigenvalue weighted by Crippen LogP contribution is -2.28. The summed E-state index contributed by atoms with van der Waals surface area (Å²) >= 11 is 0. The minimum atomic E-state index is -0.723. The Bertz CT molecular complexity index is 1040. The van der Waals surface area contributed by atoms with Crippen LogP contribution < -0.4 is 14.8 Å². The average Bonchev–Trinajstić information content (AvgIpc) is 3.14. The number of rotatable bonds is 9. The van der Waals surface area contributed by atoms with Gasteiger partial charge in [-0.25, -0.2) is 4.79 Å². The second-order valence-electron chi connectivity index (χ2n) is 6.38. The normalized spacial score (nSPS) is 10.6. The quantitative estimate of drug-likeness (QED) is 0.539. The lowest BCUT2D eigenvalue weighted by atomic mass is 10.1. The molecule has 3 aromatic rings. The van der Waals surface area contributed by atoms with Gasteiger partial charge in [-0.2, -0.15) is 0 Å². The van der Waals surface area contributed by atoms with E-state index in [0.717, 1.165) is 10.9 Å². The maximum absolute atomic E-state index is 12.5. The van der Waals surface area contributed by atoms with Gasteiger partial charge in [-0.3, -0.25) is 4.79 Å². The third kappa shape index (κ3) is 4.72. The van der Waals surface area contributed by atoms with Gasteiger partial charge in [-0.05, 0) is 23.8 Å². The van der Waals surface area contributed by atoms with Gasteiger partial charge >= 0.3 is 5.97 Å². The fraction of sp³-hybridized carbons (Fsp3) is 0.273. The van der Waals surface area contributed by atoms with E-state index in [-0.39, 0.29) is 18.9 Å². The summed E-state index contributed by atoms with van der Waals surface area (Å²) in [6.07, 6.45) is 0. The monoisotopic (exact) mass is 413 g/mol. The van der Waals surface area contributed by atoms with E-state index >= 15 is 0 Å². The zero-order valence-electron chi connectivity index (χ0n) is 17.0. The Hall–Kier alpha value is -3.52. The lowest BCUT2D eigenvalue weighted by Gasteiger charge is -2.10. The van der Waals surface area contributed by atoms with Crippen molar-refractivity contribution in [1.29, 1.82) is 0 Å². The Morgan fingerprint density at radius 2 is 1.77 bits per heavy atom. The number of hydrogen-bond acceptors (Lipinski definition) is 7. The van der Waals surface area contributed by atoms with Crippen LogP contribution in [0.15, 0.2) is 46.9 Å². The molecule has 1 aromatic heterocycles. The van der Waals surface area contributed by atoms with Gasteiger partial charge in [0.15, 0.2) is 18.1 Å². The van der Waals surface area contributed by atoms with E-state index in [9.17, 15) is 9.59 Å². The molecule has 0 aliphatic carbocycles. The summed E-state index contributed by atoms with van der Waals surface area (Å²) in [6.45, 7) is -0.00115. The van der Waals surface area contributed by atoms with Crippen molar-refractivity contribution in [1.82, 2.24) is 5.32 Å². The number of hydrogen-bond donors (Lipinski definition) is 1. The van der Waals surface area contributed by atoms with Crippen LogP contribution in [0.3, 0.4) is 0 Å². The van der Waals surface area contributed by atoms with Gasteiger partial charge in [-0.1, -0.05) is 24.3 Å². The molecule has 1 heterocycles. The molecule has 2 aromatic carbocycles. The number of nitrogens with one attached hydrogen (secondary N) is 1. The number of ether oxygens (including phenoxy) is 4. The Labute approximate surface area is 173 Å². The number of para-hydroxylation sites is 1. The molecule has 0 bridgehead atoms. The first kappa shape index (κ1) is 21.2. The molecule has 0 spiro atoms. The lowest BCUT2D eigenvalue weighted by molar-refractivity contribution is -0.124. The summed E-state index contributed by atoms with van der Waals surface area (Å²) in [5, 5.41) is 3.46. The predicted octanol–water partition coefficient (Wildman–Crippen LogP) is 3.07.